The lowest BCUT2D eigenvalue weighted by Crippen LogP contribution is -2.30. The zero-order chi connectivity index (χ0) is 15.1. The number of hydrogen-bond donors (Lipinski definition) is 1. The summed E-state index contributed by atoms with van der Waals surface area (Å²) >= 11 is 0. The first-order valence-corrected chi connectivity index (χ1v) is 9.03. The second-order valence-corrected chi connectivity index (χ2v) is 6.00. The Balaban J connectivity index is 3.83. The van der Waals surface area contributed by atoms with E-state index >= 15 is 0 Å². The Bertz CT molecular complexity index is 215. The third-order valence-electron chi connectivity index (χ3n) is 4.03. The number of carbonyl (C=O) groups excluding carboxylic acids is 1. The van der Waals surface area contributed by atoms with E-state index < -0.39 is 0 Å². The monoisotopic (exact) mass is 283 g/mol. The minimum Gasteiger partial charge on any atom is -0.356 e. The number of rotatable bonds is 14. The normalized spacial score (nSPS) is 12.3. The molecule has 20 heavy (non-hydrogen) atoms. The van der Waals surface area contributed by atoms with Crippen molar-refractivity contribution in [2.45, 2.75) is 97.8 Å². The number of hydrogen-bond acceptors (Lipinski definition) is 1. The van der Waals surface area contributed by atoms with Gasteiger partial charge in [0.2, 0.25) is 5.91 Å². The van der Waals surface area contributed by atoms with Crippen LogP contribution in [0.15, 0.2) is 0 Å². The van der Waals surface area contributed by atoms with Gasteiger partial charge in [0.1, 0.15) is 0 Å². The van der Waals surface area contributed by atoms with Crippen LogP contribution in [0.1, 0.15) is 97.8 Å². The van der Waals surface area contributed by atoms with Crippen LogP contribution in [0.4, 0.5) is 0 Å². The number of carbonyl (C=O) groups is 1. The van der Waals surface area contributed by atoms with Crippen molar-refractivity contribution in [2.24, 2.45) is 5.92 Å². The summed E-state index contributed by atoms with van der Waals surface area (Å²) in [6.45, 7) is 7.26. The van der Waals surface area contributed by atoms with E-state index in [1.165, 1.54) is 64.2 Å². The van der Waals surface area contributed by atoms with Crippen LogP contribution in [0.2, 0.25) is 0 Å². The Morgan fingerprint density at radius 3 is 1.70 bits per heavy atom. The largest absolute Gasteiger partial charge is 0.356 e. The highest BCUT2D eigenvalue weighted by Gasteiger charge is 2.16. The summed E-state index contributed by atoms with van der Waals surface area (Å²) in [5.74, 6) is 0.551. The fourth-order valence-corrected chi connectivity index (χ4v) is 2.71. The van der Waals surface area contributed by atoms with Crippen molar-refractivity contribution in [1.82, 2.24) is 5.32 Å². The molecule has 2 nitrogen and oxygen atoms in total. The Labute approximate surface area is 127 Å². The van der Waals surface area contributed by atoms with Crippen LogP contribution in [0.5, 0.6) is 0 Å². The Morgan fingerprint density at radius 1 is 0.750 bits per heavy atom. The fraction of sp³-hybridized carbons (Fsp3) is 0.944. The van der Waals surface area contributed by atoms with Crippen LogP contribution >= 0.6 is 0 Å². The van der Waals surface area contributed by atoms with E-state index in [0.717, 1.165) is 19.4 Å². The summed E-state index contributed by atoms with van der Waals surface area (Å²) in [6, 6.07) is 0. The highest BCUT2D eigenvalue weighted by Crippen LogP contribution is 2.19. The minimum absolute atomic E-state index is 0.262. The molecule has 0 rings (SSSR count). The highest BCUT2D eigenvalue weighted by molar-refractivity contribution is 5.78. The molecule has 1 unspecified atom stereocenters. The smallest absolute Gasteiger partial charge is 0.223 e. The summed E-state index contributed by atoms with van der Waals surface area (Å²) in [5.41, 5.74) is 0. The van der Waals surface area contributed by atoms with Gasteiger partial charge in [-0.05, 0) is 19.8 Å². The molecule has 0 aliphatic rings. The second kappa shape index (κ2) is 14.9. The van der Waals surface area contributed by atoms with Gasteiger partial charge in [-0.1, -0.05) is 78.1 Å². The van der Waals surface area contributed by atoms with E-state index in [1.807, 2.05) is 6.92 Å². The maximum atomic E-state index is 12.1. The van der Waals surface area contributed by atoms with Crippen molar-refractivity contribution in [3.63, 3.8) is 0 Å². The molecule has 120 valence electrons. The van der Waals surface area contributed by atoms with Gasteiger partial charge in [0.05, 0.1) is 0 Å². The standard InChI is InChI=1S/C18H37NO/c1-4-7-9-11-12-14-16-17(18(20)19-6-3)15-13-10-8-5-2/h17H,4-16H2,1-3H3,(H,19,20). The average Bonchev–Trinajstić information content (AvgIpc) is 2.45. The van der Waals surface area contributed by atoms with Crippen LogP contribution in [0.25, 0.3) is 0 Å². The molecule has 0 spiro atoms. The third kappa shape index (κ3) is 11.3. The molecule has 1 atom stereocenters. The van der Waals surface area contributed by atoms with Crippen molar-refractivity contribution >= 4 is 5.91 Å². The van der Waals surface area contributed by atoms with E-state index in [-0.39, 0.29) is 11.8 Å². The lowest BCUT2D eigenvalue weighted by Gasteiger charge is -2.16. The summed E-state index contributed by atoms with van der Waals surface area (Å²) < 4.78 is 0. The lowest BCUT2D eigenvalue weighted by atomic mass is 9.93. The first-order valence-electron chi connectivity index (χ1n) is 9.03. The summed E-state index contributed by atoms with van der Waals surface area (Å²) in [4.78, 5) is 12.1. The molecule has 0 aliphatic heterocycles. The van der Waals surface area contributed by atoms with Gasteiger partial charge >= 0.3 is 0 Å². The first kappa shape index (κ1) is 19.5. The Kier molecular flexibility index (Phi) is 14.5. The zero-order valence-electron chi connectivity index (χ0n) is 14.2. The summed E-state index contributed by atoms with van der Waals surface area (Å²) in [6.07, 6.45) is 15.1. The van der Waals surface area contributed by atoms with Crippen molar-refractivity contribution in [3.05, 3.63) is 0 Å². The van der Waals surface area contributed by atoms with Gasteiger partial charge in [-0.25, -0.2) is 0 Å². The van der Waals surface area contributed by atoms with E-state index in [9.17, 15) is 4.79 Å². The van der Waals surface area contributed by atoms with Gasteiger partial charge in [0, 0.05) is 12.5 Å². The third-order valence-corrected chi connectivity index (χ3v) is 4.03. The molecule has 1 N–H and O–H groups in total. The van der Waals surface area contributed by atoms with Crippen molar-refractivity contribution in [1.29, 1.82) is 0 Å². The first-order chi connectivity index (χ1) is 9.76. The molecule has 2 heteroatoms. The van der Waals surface area contributed by atoms with E-state index in [2.05, 4.69) is 19.2 Å². The van der Waals surface area contributed by atoms with Gasteiger partial charge in [-0.3, -0.25) is 4.79 Å². The number of amides is 1. The molecule has 0 heterocycles. The van der Waals surface area contributed by atoms with Crippen LogP contribution < -0.4 is 5.32 Å². The maximum Gasteiger partial charge on any atom is 0.223 e. The molecule has 0 aromatic heterocycles. The predicted octanol–water partition coefficient (Wildman–Crippen LogP) is 5.46. The van der Waals surface area contributed by atoms with E-state index in [1.54, 1.807) is 0 Å². The molecule has 0 saturated carbocycles. The van der Waals surface area contributed by atoms with E-state index in [4.69, 9.17) is 0 Å². The summed E-state index contributed by atoms with van der Waals surface area (Å²) in [7, 11) is 0. The van der Waals surface area contributed by atoms with Gasteiger partial charge < -0.3 is 5.32 Å². The molecular weight excluding hydrogens is 246 g/mol. The van der Waals surface area contributed by atoms with Gasteiger partial charge in [-0.2, -0.15) is 0 Å². The molecule has 0 aliphatic carbocycles. The highest BCUT2D eigenvalue weighted by atomic mass is 16.1. The topological polar surface area (TPSA) is 29.1 Å². The second-order valence-electron chi connectivity index (χ2n) is 6.00. The number of nitrogens with one attached hydrogen (secondary N) is 1. The van der Waals surface area contributed by atoms with Crippen molar-refractivity contribution in [2.75, 3.05) is 6.54 Å². The Hall–Kier alpha value is -0.530. The van der Waals surface area contributed by atoms with Gasteiger partial charge in [-0.15, -0.1) is 0 Å². The maximum absolute atomic E-state index is 12.1. The SMILES string of the molecule is CCCCCCCCC(CCCCCC)C(=O)NCC. The molecule has 0 aromatic carbocycles. The van der Waals surface area contributed by atoms with Crippen LogP contribution in [-0.2, 0) is 4.79 Å². The Morgan fingerprint density at radius 2 is 1.20 bits per heavy atom. The average molecular weight is 284 g/mol. The van der Waals surface area contributed by atoms with E-state index in [0.29, 0.717) is 0 Å². The van der Waals surface area contributed by atoms with Crippen LogP contribution in [-0.4, -0.2) is 12.5 Å². The molecule has 0 radical (unpaired) electrons. The van der Waals surface area contributed by atoms with Crippen LogP contribution in [0.3, 0.4) is 0 Å². The summed E-state index contributed by atoms with van der Waals surface area (Å²) in [5, 5.41) is 3.01. The lowest BCUT2D eigenvalue weighted by molar-refractivity contribution is -0.125. The van der Waals surface area contributed by atoms with Gasteiger partial charge in [0.25, 0.3) is 0 Å². The van der Waals surface area contributed by atoms with Gasteiger partial charge in [0.15, 0.2) is 0 Å². The number of unbranched alkanes of at least 4 members (excludes halogenated alkanes) is 8. The quantitative estimate of drug-likeness (QED) is 0.421. The predicted molar refractivity (Wildman–Crippen MR) is 88.9 cm³/mol. The minimum atomic E-state index is 0.262. The fourth-order valence-electron chi connectivity index (χ4n) is 2.71. The molecule has 1 amide bonds. The van der Waals surface area contributed by atoms with Crippen LogP contribution in [0, 0.1) is 5.92 Å². The zero-order valence-corrected chi connectivity index (χ0v) is 14.2. The van der Waals surface area contributed by atoms with Crippen molar-refractivity contribution in [3.8, 4) is 0 Å². The molecule has 0 aromatic rings. The molecular formula is C18H37NO. The van der Waals surface area contributed by atoms with Crippen molar-refractivity contribution < 1.29 is 4.79 Å². The molecule has 0 saturated heterocycles. The molecule has 0 fully saturated rings. The molecule has 0 bridgehead atoms.